The van der Waals surface area contributed by atoms with E-state index in [4.69, 9.17) is 4.74 Å². The maximum Gasteiger partial charge on any atom is 0.240 e. The lowest BCUT2D eigenvalue weighted by atomic mass is 9.95. The quantitative estimate of drug-likeness (QED) is 0.549. The van der Waals surface area contributed by atoms with Crippen LogP contribution in [0.15, 0.2) is 63.5 Å². The summed E-state index contributed by atoms with van der Waals surface area (Å²) in [6.45, 7) is 2.43. The van der Waals surface area contributed by atoms with Gasteiger partial charge in [-0.1, -0.05) is 13.0 Å². The van der Waals surface area contributed by atoms with E-state index in [2.05, 4.69) is 4.72 Å². The molecule has 0 fully saturated rings. The van der Waals surface area contributed by atoms with Crippen molar-refractivity contribution in [1.29, 1.82) is 0 Å². The molecular weight excluding hydrogens is 402 g/mol. The standard InChI is InChI=1S/C19H21NO4S3/c1-2-10-24-16-5-7-17(8-6-16)27(22,23)20-14-19(21,15-9-12-25-13-15)18-4-3-11-26-18/h3-9,11-13,20-21H,2,10,14H2,1H3. The Bertz CT molecular complexity index is 899. The van der Waals surface area contributed by atoms with E-state index in [1.54, 1.807) is 24.3 Å². The van der Waals surface area contributed by atoms with Crippen LogP contribution in [-0.4, -0.2) is 26.7 Å². The first-order chi connectivity index (χ1) is 13.0. The zero-order valence-electron chi connectivity index (χ0n) is 14.8. The normalized spacial score (nSPS) is 14.0. The van der Waals surface area contributed by atoms with E-state index >= 15 is 0 Å². The second-order valence-corrected chi connectivity index (χ2v) is 9.49. The van der Waals surface area contributed by atoms with Gasteiger partial charge in [-0.25, -0.2) is 13.1 Å². The molecule has 27 heavy (non-hydrogen) atoms. The van der Waals surface area contributed by atoms with E-state index in [1.165, 1.54) is 34.8 Å². The van der Waals surface area contributed by atoms with Crippen LogP contribution in [-0.2, 0) is 15.6 Å². The van der Waals surface area contributed by atoms with Gasteiger partial charge in [0.05, 0.1) is 11.5 Å². The maximum absolute atomic E-state index is 12.7. The molecule has 144 valence electrons. The van der Waals surface area contributed by atoms with Crippen LogP contribution in [0.4, 0.5) is 0 Å². The van der Waals surface area contributed by atoms with Crippen molar-refractivity contribution in [2.75, 3.05) is 13.2 Å². The molecule has 0 amide bonds. The fourth-order valence-electron chi connectivity index (χ4n) is 2.56. The van der Waals surface area contributed by atoms with Crippen molar-refractivity contribution in [3.05, 3.63) is 69.0 Å². The highest BCUT2D eigenvalue weighted by Gasteiger charge is 2.34. The Morgan fingerprint density at radius 2 is 1.93 bits per heavy atom. The number of nitrogens with one attached hydrogen (secondary N) is 1. The summed E-state index contributed by atoms with van der Waals surface area (Å²) >= 11 is 2.84. The van der Waals surface area contributed by atoms with Crippen molar-refractivity contribution in [2.45, 2.75) is 23.8 Å². The highest BCUT2D eigenvalue weighted by molar-refractivity contribution is 7.89. The van der Waals surface area contributed by atoms with Gasteiger partial charge >= 0.3 is 0 Å². The van der Waals surface area contributed by atoms with Crippen LogP contribution in [0.3, 0.4) is 0 Å². The van der Waals surface area contributed by atoms with Crippen LogP contribution >= 0.6 is 22.7 Å². The molecule has 3 rings (SSSR count). The Hall–Kier alpha value is -1.71. The molecule has 0 spiro atoms. The lowest BCUT2D eigenvalue weighted by Gasteiger charge is -2.27. The van der Waals surface area contributed by atoms with Crippen LogP contribution in [0.2, 0.25) is 0 Å². The summed E-state index contributed by atoms with van der Waals surface area (Å²) in [5, 5.41) is 16.8. The Labute approximate surface area is 167 Å². The zero-order valence-corrected chi connectivity index (χ0v) is 17.2. The summed E-state index contributed by atoms with van der Waals surface area (Å²) in [5.74, 6) is 0.629. The first-order valence-electron chi connectivity index (χ1n) is 8.47. The average molecular weight is 424 g/mol. The van der Waals surface area contributed by atoms with E-state index in [9.17, 15) is 13.5 Å². The van der Waals surface area contributed by atoms with Gasteiger partial charge in [0.2, 0.25) is 10.0 Å². The number of benzene rings is 1. The van der Waals surface area contributed by atoms with Gasteiger partial charge in [-0.15, -0.1) is 11.3 Å². The van der Waals surface area contributed by atoms with Crippen molar-refractivity contribution in [1.82, 2.24) is 4.72 Å². The first-order valence-corrected chi connectivity index (χ1v) is 11.8. The predicted molar refractivity (Wildman–Crippen MR) is 109 cm³/mol. The maximum atomic E-state index is 12.7. The predicted octanol–water partition coefficient (Wildman–Crippen LogP) is 3.81. The molecule has 1 aromatic carbocycles. The molecule has 5 nitrogen and oxygen atoms in total. The third-order valence-corrected chi connectivity index (χ3v) is 7.17. The van der Waals surface area contributed by atoms with Crippen LogP contribution in [0.5, 0.6) is 5.75 Å². The number of hydrogen-bond acceptors (Lipinski definition) is 6. The molecular formula is C19H21NO4S3. The van der Waals surface area contributed by atoms with Crippen molar-refractivity contribution < 1.29 is 18.3 Å². The van der Waals surface area contributed by atoms with Crippen LogP contribution in [0.1, 0.15) is 23.8 Å². The molecule has 0 saturated carbocycles. The van der Waals surface area contributed by atoms with Crippen molar-refractivity contribution >= 4 is 32.7 Å². The lowest BCUT2D eigenvalue weighted by molar-refractivity contribution is 0.0903. The molecule has 0 saturated heterocycles. The lowest BCUT2D eigenvalue weighted by Crippen LogP contribution is -2.40. The van der Waals surface area contributed by atoms with Gasteiger partial charge in [-0.05, 0) is 59.0 Å². The Kier molecular flexibility index (Phi) is 6.33. The van der Waals surface area contributed by atoms with E-state index in [1.807, 2.05) is 29.1 Å². The third kappa shape index (κ3) is 4.59. The van der Waals surface area contributed by atoms with Crippen molar-refractivity contribution in [2.24, 2.45) is 0 Å². The highest BCUT2D eigenvalue weighted by atomic mass is 32.2. The average Bonchev–Trinajstić information content (AvgIpc) is 3.39. The fourth-order valence-corrected chi connectivity index (χ4v) is 5.19. The molecule has 0 radical (unpaired) electrons. The summed E-state index contributed by atoms with van der Waals surface area (Å²) < 4.78 is 33.4. The molecule has 0 aliphatic rings. The number of rotatable bonds is 9. The van der Waals surface area contributed by atoms with Gasteiger partial charge in [-0.2, -0.15) is 11.3 Å². The van der Waals surface area contributed by atoms with Crippen LogP contribution in [0, 0.1) is 0 Å². The Balaban J connectivity index is 1.78. The van der Waals surface area contributed by atoms with Gasteiger partial charge in [0.15, 0.2) is 0 Å². The number of hydrogen-bond donors (Lipinski definition) is 2. The van der Waals surface area contributed by atoms with Gasteiger partial charge < -0.3 is 9.84 Å². The van der Waals surface area contributed by atoms with Crippen molar-refractivity contribution in [3.63, 3.8) is 0 Å². The van der Waals surface area contributed by atoms with Gasteiger partial charge in [-0.3, -0.25) is 0 Å². The SMILES string of the molecule is CCCOc1ccc(S(=O)(=O)NCC(O)(c2ccsc2)c2cccs2)cc1. The summed E-state index contributed by atoms with van der Waals surface area (Å²) in [6, 6.07) is 11.7. The minimum Gasteiger partial charge on any atom is -0.494 e. The molecule has 2 N–H and O–H groups in total. The second-order valence-electron chi connectivity index (χ2n) is 5.99. The van der Waals surface area contributed by atoms with Gasteiger partial charge in [0.25, 0.3) is 0 Å². The molecule has 0 aliphatic carbocycles. The topological polar surface area (TPSA) is 75.6 Å². The Morgan fingerprint density at radius 3 is 2.52 bits per heavy atom. The smallest absolute Gasteiger partial charge is 0.240 e. The van der Waals surface area contributed by atoms with Crippen LogP contribution in [0.25, 0.3) is 0 Å². The first kappa shape index (κ1) is 20.0. The number of thiophene rings is 2. The molecule has 0 bridgehead atoms. The molecule has 1 unspecified atom stereocenters. The monoisotopic (exact) mass is 423 g/mol. The largest absolute Gasteiger partial charge is 0.494 e. The van der Waals surface area contributed by atoms with E-state index in [0.717, 1.165) is 6.42 Å². The number of aliphatic hydroxyl groups is 1. The fraction of sp³-hybridized carbons (Fsp3) is 0.263. The third-order valence-electron chi connectivity index (χ3n) is 4.05. The Morgan fingerprint density at radius 1 is 1.15 bits per heavy atom. The van der Waals surface area contributed by atoms with Crippen molar-refractivity contribution in [3.8, 4) is 5.75 Å². The van der Waals surface area contributed by atoms with Gasteiger partial charge in [0.1, 0.15) is 11.4 Å². The number of sulfonamides is 1. The summed E-state index contributed by atoms with van der Waals surface area (Å²) in [5.41, 5.74) is -0.744. The van der Waals surface area contributed by atoms with Gasteiger partial charge in [0, 0.05) is 17.0 Å². The summed E-state index contributed by atoms with van der Waals surface area (Å²) in [4.78, 5) is 0.817. The number of ether oxygens (including phenoxy) is 1. The van der Waals surface area contributed by atoms with Crippen LogP contribution < -0.4 is 9.46 Å². The second kappa shape index (κ2) is 8.53. The minimum absolute atomic E-state index is 0.130. The van der Waals surface area contributed by atoms with E-state index < -0.39 is 15.6 Å². The molecule has 2 aromatic heterocycles. The zero-order chi connectivity index (χ0) is 19.3. The molecule has 0 aliphatic heterocycles. The minimum atomic E-state index is -3.77. The molecule has 3 aromatic rings. The molecule has 2 heterocycles. The molecule has 8 heteroatoms. The molecule has 1 atom stereocenters. The van der Waals surface area contributed by atoms with E-state index in [0.29, 0.717) is 22.8 Å². The summed E-state index contributed by atoms with van der Waals surface area (Å²) in [6.07, 6.45) is 0.880. The van der Waals surface area contributed by atoms with E-state index in [-0.39, 0.29) is 11.4 Å². The summed E-state index contributed by atoms with van der Waals surface area (Å²) in [7, 11) is -3.77. The highest BCUT2D eigenvalue weighted by Crippen LogP contribution is 2.34.